The molecule has 33 heavy (non-hydrogen) atoms. The van der Waals surface area contributed by atoms with E-state index < -0.39 is 23.8 Å². The number of nitrogens with zero attached hydrogens (tertiary/aromatic N) is 1. The van der Waals surface area contributed by atoms with Crippen molar-refractivity contribution in [1.82, 2.24) is 15.5 Å². The Bertz CT molecular complexity index is 784. The van der Waals surface area contributed by atoms with E-state index in [1.54, 1.807) is 32.9 Å². The molecule has 0 aromatic heterocycles. The van der Waals surface area contributed by atoms with E-state index in [2.05, 4.69) is 10.6 Å². The van der Waals surface area contributed by atoms with Gasteiger partial charge in [-0.25, -0.2) is 4.79 Å². The molecule has 8 heteroatoms. The Hall–Kier alpha value is -2.77. The second kappa shape index (κ2) is 12.5. The molecule has 0 saturated heterocycles. The van der Waals surface area contributed by atoms with Crippen molar-refractivity contribution >= 4 is 17.9 Å². The summed E-state index contributed by atoms with van der Waals surface area (Å²) in [6.07, 6.45) is 1.05. The van der Waals surface area contributed by atoms with Gasteiger partial charge < -0.3 is 25.4 Å². The van der Waals surface area contributed by atoms with Gasteiger partial charge in [-0.3, -0.25) is 9.59 Å². The molecule has 0 aliphatic heterocycles. The molecule has 0 aliphatic rings. The van der Waals surface area contributed by atoms with E-state index in [1.165, 1.54) is 17.0 Å². The summed E-state index contributed by atoms with van der Waals surface area (Å²) in [5.41, 5.74) is -0.135. The molecule has 3 amide bonds. The van der Waals surface area contributed by atoms with Crippen molar-refractivity contribution in [1.29, 1.82) is 0 Å². The van der Waals surface area contributed by atoms with Gasteiger partial charge in [0.05, 0.1) is 0 Å². The molecular formula is C25H41N3O5. The summed E-state index contributed by atoms with van der Waals surface area (Å²) in [6.45, 7) is 15.1. The first-order valence-electron chi connectivity index (χ1n) is 11.7. The van der Waals surface area contributed by atoms with Crippen LogP contribution in [-0.2, 0) is 14.3 Å². The second-order valence-corrected chi connectivity index (χ2v) is 9.85. The largest absolute Gasteiger partial charge is 0.508 e. The first kappa shape index (κ1) is 28.3. The maximum atomic E-state index is 13.8. The Kier molecular flexibility index (Phi) is 10.7. The SMILES string of the molecule is CCCCNC(=O)C(c1ccc(O)cc1)N(C(=O)C(NC(=O)OC(C)(C)C)C(C)C)C(C)C. The monoisotopic (exact) mass is 463 g/mol. The van der Waals surface area contributed by atoms with Crippen molar-refractivity contribution in [3.63, 3.8) is 0 Å². The van der Waals surface area contributed by atoms with Crippen molar-refractivity contribution < 1.29 is 24.2 Å². The molecule has 0 heterocycles. The molecule has 1 rings (SSSR count). The van der Waals surface area contributed by atoms with Crippen LogP contribution in [0, 0.1) is 5.92 Å². The molecule has 0 spiro atoms. The number of hydrogen-bond donors (Lipinski definition) is 3. The summed E-state index contributed by atoms with van der Waals surface area (Å²) in [7, 11) is 0. The van der Waals surface area contributed by atoms with Crippen LogP contribution in [0.2, 0.25) is 0 Å². The Labute approximate surface area is 198 Å². The zero-order valence-electron chi connectivity index (χ0n) is 21.3. The highest BCUT2D eigenvalue weighted by atomic mass is 16.6. The van der Waals surface area contributed by atoms with Gasteiger partial charge in [0.15, 0.2) is 0 Å². The number of ether oxygens (including phenoxy) is 1. The van der Waals surface area contributed by atoms with Crippen LogP contribution >= 0.6 is 0 Å². The molecule has 1 aromatic rings. The maximum Gasteiger partial charge on any atom is 0.408 e. The number of rotatable bonds is 10. The molecule has 0 radical (unpaired) electrons. The van der Waals surface area contributed by atoms with E-state index in [4.69, 9.17) is 4.74 Å². The molecule has 2 atom stereocenters. The van der Waals surface area contributed by atoms with Crippen LogP contribution in [0.5, 0.6) is 5.75 Å². The summed E-state index contributed by atoms with van der Waals surface area (Å²) in [5.74, 6) is -0.863. The van der Waals surface area contributed by atoms with Gasteiger partial charge >= 0.3 is 6.09 Å². The number of phenolic OH excluding ortho intramolecular Hbond substituents is 1. The minimum atomic E-state index is -0.920. The number of alkyl carbamates (subject to hydrolysis) is 1. The first-order chi connectivity index (χ1) is 15.3. The van der Waals surface area contributed by atoms with Gasteiger partial charge in [-0.15, -0.1) is 0 Å². The van der Waals surface area contributed by atoms with Gasteiger partial charge in [-0.1, -0.05) is 39.3 Å². The zero-order chi connectivity index (χ0) is 25.3. The van der Waals surface area contributed by atoms with Crippen LogP contribution in [0.1, 0.15) is 79.8 Å². The number of benzene rings is 1. The van der Waals surface area contributed by atoms with Crippen LogP contribution in [-0.4, -0.2) is 52.1 Å². The highest BCUT2D eigenvalue weighted by molar-refractivity contribution is 5.92. The van der Waals surface area contributed by atoms with Gasteiger partial charge in [0.2, 0.25) is 11.8 Å². The Morgan fingerprint density at radius 2 is 1.64 bits per heavy atom. The quantitative estimate of drug-likeness (QED) is 0.452. The van der Waals surface area contributed by atoms with Crippen LogP contribution in [0.25, 0.3) is 0 Å². The molecule has 0 bridgehead atoms. The lowest BCUT2D eigenvalue weighted by Gasteiger charge is -2.38. The third-order valence-corrected chi connectivity index (χ3v) is 4.98. The summed E-state index contributed by atoms with van der Waals surface area (Å²) in [6, 6.07) is 4.10. The lowest BCUT2D eigenvalue weighted by atomic mass is 9.97. The molecule has 186 valence electrons. The highest BCUT2D eigenvalue weighted by Crippen LogP contribution is 2.27. The average Bonchev–Trinajstić information content (AvgIpc) is 2.68. The van der Waals surface area contributed by atoms with E-state index in [9.17, 15) is 19.5 Å². The lowest BCUT2D eigenvalue weighted by Crippen LogP contribution is -2.56. The number of nitrogens with one attached hydrogen (secondary N) is 2. The number of unbranched alkanes of at least 4 members (excludes halogenated alkanes) is 1. The molecular weight excluding hydrogens is 422 g/mol. The van der Waals surface area contributed by atoms with E-state index in [-0.39, 0.29) is 29.5 Å². The fourth-order valence-corrected chi connectivity index (χ4v) is 3.37. The molecule has 2 unspecified atom stereocenters. The average molecular weight is 464 g/mol. The van der Waals surface area contributed by atoms with Crippen molar-refractivity contribution in [3.8, 4) is 5.75 Å². The Morgan fingerprint density at radius 1 is 1.06 bits per heavy atom. The van der Waals surface area contributed by atoms with Crippen molar-refractivity contribution in [3.05, 3.63) is 29.8 Å². The fourth-order valence-electron chi connectivity index (χ4n) is 3.37. The molecule has 0 saturated carbocycles. The van der Waals surface area contributed by atoms with Crippen LogP contribution in [0.15, 0.2) is 24.3 Å². The summed E-state index contributed by atoms with van der Waals surface area (Å²) in [5, 5.41) is 15.3. The van der Waals surface area contributed by atoms with Crippen LogP contribution < -0.4 is 10.6 Å². The van der Waals surface area contributed by atoms with Gasteiger partial charge in [0.25, 0.3) is 0 Å². The van der Waals surface area contributed by atoms with Gasteiger partial charge in [-0.05, 0) is 64.7 Å². The molecule has 8 nitrogen and oxygen atoms in total. The van der Waals surface area contributed by atoms with E-state index in [1.807, 2.05) is 34.6 Å². The Morgan fingerprint density at radius 3 is 2.09 bits per heavy atom. The number of aromatic hydroxyl groups is 1. The topological polar surface area (TPSA) is 108 Å². The minimum Gasteiger partial charge on any atom is -0.508 e. The number of carbonyl (C=O) groups excluding carboxylic acids is 3. The molecule has 0 fully saturated rings. The number of amides is 3. The second-order valence-electron chi connectivity index (χ2n) is 9.85. The van der Waals surface area contributed by atoms with E-state index in [0.29, 0.717) is 12.1 Å². The van der Waals surface area contributed by atoms with Crippen LogP contribution in [0.4, 0.5) is 4.79 Å². The van der Waals surface area contributed by atoms with Gasteiger partial charge in [0, 0.05) is 12.6 Å². The van der Waals surface area contributed by atoms with Crippen molar-refractivity contribution in [2.75, 3.05) is 6.54 Å². The highest BCUT2D eigenvalue weighted by Gasteiger charge is 2.38. The predicted octanol–water partition coefficient (Wildman–Crippen LogP) is 4.14. The fraction of sp³-hybridized carbons (Fsp3) is 0.640. The molecule has 0 aliphatic carbocycles. The van der Waals surface area contributed by atoms with Crippen molar-refractivity contribution in [2.24, 2.45) is 5.92 Å². The van der Waals surface area contributed by atoms with Gasteiger partial charge in [-0.2, -0.15) is 0 Å². The summed E-state index contributed by atoms with van der Waals surface area (Å²) < 4.78 is 5.35. The van der Waals surface area contributed by atoms with Crippen molar-refractivity contribution in [2.45, 2.75) is 92.0 Å². The minimum absolute atomic E-state index is 0.0676. The smallest absolute Gasteiger partial charge is 0.408 e. The number of carbonyl (C=O) groups is 3. The number of phenols is 1. The molecule has 3 N–H and O–H groups in total. The lowest BCUT2D eigenvalue weighted by molar-refractivity contribution is -0.145. The van der Waals surface area contributed by atoms with E-state index >= 15 is 0 Å². The third-order valence-electron chi connectivity index (χ3n) is 4.98. The summed E-state index contributed by atoms with van der Waals surface area (Å²) >= 11 is 0. The standard InChI is InChI=1S/C25H41N3O5/c1-9-10-15-26-22(30)21(18-11-13-19(29)14-12-18)28(17(4)5)23(31)20(16(2)3)27-24(32)33-25(6,7)8/h11-14,16-17,20-21,29H,9-10,15H2,1-8H3,(H,26,30)(H,27,32). The van der Waals surface area contributed by atoms with E-state index in [0.717, 1.165) is 12.8 Å². The molecule has 1 aromatic carbocycles. The zero-order valence-corrected chi connectivity index (χ0v) is 21.3. The third kappa shape index (κ3) is 8.94. The summed E-state index contributed by atoms with van der Waals surface area (Å²) in [4.78, 5) is 41.0. The Balaban J connectivity index is 3.35. The predicted molar refractivity (Wildman–Crippen MR) is 129 cm³/mol. The van der Waals surface area contributed by atoms with Gasteiger partial charge in [0.1, 0.15) is 23.4 Å². The first-order valence-corrected chi connectivity index (χ1v) is 11.7. The maximum absolute atomic E-state index is 13.8. The normalized spacial score (nSPS) is 13.4. The number of hydrogen-bond acceptors (Lipinski definition) is 5. The van der Waals surface area contributed by atoms with Crippen LogP contribution in [0.3, 0.4) is 0 Å².